The molecular formula is C12H15ClN4O3S. The smallest absolute Gasteiger partial charge is 0.240 e. The van der Waals surface area contributed by atoms with Crippen LogP contribution in [-0.4, -0.2) is 35.3 Å². The SMILES string of the molecule is O=S(=O)(NCCCc1ncn[nH]1)c1ccc(Cl)c(CO)c1. The number of aliphatic hydroxyl groups excluding tert-OH is 1. The highest BCUT2D eigenvalue weighted by molar-refractivity contribution is 7.89. The Labute approximate surface area is 127 Å². The average Bonchev–Trinajstić information content (AvgIpc) is 2.97. The molecule has 0 fully saturated rings. The van der Waals surface area contributed by atoms with Crippen molar-refractivity contribution in [2.75, 3.05) is 6.54 Å². The Bertz CT molecular complexity index is 689. The molecule has 0 aliphatic heterocycles. The van der Waals surface area contributed by atoms with E-state index in [1.165, 1.54) is 24.5 Å². The first-order valence-corrected chi connectivity index (χ1v) is 8.12. The molecule has 0 unspecified atom stereocenters. The van der Waals surface area contributed by atoms with Gasteiger partial charge in [0.1, 0.15) is 12.2 Å². The number of aliphatic hydroxyl groups is 1. The lowest BCUT2D eigenvalue weighted by Crippen LogP contribution is -2.25. The number of H-pyrrole nitrogens is 1. The minimum Gasteiger partial charge on any atom is -0.392 e. The van der Waals surface area contributed by atoms with Crippen molar-refractivity contribution in [3.63, 3.8) is 0 Å². The molecule has 1 aromatic heterocycles. The third kappa shape index (κ3) is 4.24. The van der Waals surface area contributed by atoms with Gasteiger partial charge in [-0.1, -0.05) is 11.6 Å². The number of aromatic nitrogens is 3. The number of aromatic amines is 1. The Morgan fingerprint density at radius 3 is 2.86 bits per heavy atom. The molecule has 0 radical (unpaired) electrons. The zero-order valence-electron chi connectivity index (χ0n) is 11.1. The molecule has 9 heteroatoms. The fourth-order valence-corrected chi connectivity index (χ4v) is 3.04. The first-order chi connectivity index (χ1) is 10.0. The minimum absolute atomic E-state index is 0.0793. The highest BCUT2D eigenvalue weighted by Crippen LogP contribution is 2.20. The number of nitrogens with one attached hydrogen (secondary N) is 2. The Morgan fingerprint density at radius 2 is 2.19 bits per heavy atom. The van der Waals surface area contributed by atoms with Crippen LogP contribution in [0.4, 0.5) is 0 Å². The monoisotopic (exact) mass is 330 g/mol. The number of hydrogen-bond acceptors (Lipinski definition) is 5. The molecule has 2 aromatic rings. The van der Waals surface area contributed by atoms with Gasteiger partial charge in [-0.25, -0.2) is 18.1 Å². The fourth-order valence-electron chi connectivity index (χ4n) is 1.74. The Kier molecular flexibility index (Phi) is 5.29. The van der Waals surface area contributed by atoms with Crippen molar-refractivity contribution in [1.82, 2.24) is 19.9 Å². The maximum Gasteiger partial charge on any atom is 0.240 e. The number of halogens is 1. The van der Waals surface area contributed by atoms with Crippen LogP contribution in [0.2, 0.25) is 5.02 Å². The topological polar surface area (TPSA) is 108 Å². The quantitative estimate of drug-likeness (QED) is 0.653. The van der Waals surface area contributed by atoms with Crippen LogP contribution in [0.1, 0.15) is 17.8 Å². The summed E-state index contributed by atoms with van der Waals surface area (Å²) in [7, 11) is -3.62. The normalized spacial score (nSPS) is 11.7. The maximum absolute atomic E-state index is 12.1. The Morgan fingerprint density at radius 1 is 1.38 bits per heavy atom. The highest BCUT2D eigenvalue weighted by atomic mass is 35.5. The van der Waals surface area contributed by atoms with Gasteiger partial charge in [0.2, 0.25) is 10.0 Å². The van der Waals surface area contributed by atoms with Crippen molar-refractivity contribution >= 4 is 21.6 Å². The lowest BCUT2D eigenvalue weighted by molar-refractivity contribution is 0.281. The molecular weight excluding hydrogens is 316 g/mol. The van der Waals surface area contributed by atoms with Crippen LogP contribution in [-0.2, 0) is 23.1 Å². The first kappa shape index (κ1) is 15.9. The second kappa shape index (κ2) is 6.99. The fraction of sp³-hybridized carbons (Fsp3) is 0.333. The van der Waals surface area contributed by atoms with E-state index in [1.807, 2.05) is 0 Å². The number of rotatable bonds is 7. The van der Waals surface area contributed by atoms with Gasteiger partial charge in [0.05, 0.1) is 11.5 Å². The second-order valence-electron chi connectivity index (χ2n) is 4.34. The summed E-state index contributed by atoms with van der Waals surface area (Å²) in [5.74, 6) is 0.711. The molecule has 7 nitrogen and oxygen atoms in total. The molecule has 0 aliphatic carbocycles. The summed E-state index contributed by atoms with van der Waals surface area (Å²) in [5, 5.41) is 15.9. The van der Waals surface area contributed by atoms with Crippen LogP contribution in [0.3, 0.4) is 0 Å². The summed E-state index contributed by atoms with van der Waals surface area (Å²) < 4.78 is 26.7. The average molecular weight is 331 g/mol. The number of hydrogen-bond donors (Lipinski definition) is 3. The number of aryl methyl sites for hydroxylation is 1. The van der Waals surface area contributed by atoms with E-state index < -0.39 is 10.0 Å². The molecule has 0 amide bonds. The van der Waals surface area contributed by atoms with Crippen LogP contribution >= 0.6 is 11.6 Å². The molecule has 1 aromatic carbocycles. The molecule has 21 heavy (non-hydrogen) atoms. The van der Waals surface area contributed by atoms with Crippen LogP contribution in [0, 0.1) is 0 Å². The van der Waals surface area contributed by atoms with Gasteiger partial charge in [-0.3, -0.25) is 5.10 Å². The van der Waals surface area contributed by atoms with E-state index in [1.54, 1.807) is 0 Å². The summed E-state index contributed by atoms with van der Waals surface area (Å²) in [5.41, 5.74) is 0.376. The van der Waals surface area contributed by atoms with E-state index in [0.717, 1.165) is 0 Å². The largest absolute Gasteiger partial charge is 0.392 e. The van der Waals surface area contributed by atoms with Crippen LogP contribution in [0.25, 0.3) is 0 Å². The van der Waals surface area contributed by atoms with Gasteiger partial charge in [0, 0.05) is 18.0 Å². The molecule has 114 valence electrons. The lowest BCUT2D eigenvalue weighted by Gasteiger charge is -2.08. The van der Waals surface area contributed by atoms with E-state index in [2.05, 4.69) is 19.9 Å². The molecule has 1 heterocycles. The number of sulfonamides is 1. The van der Waals surface area contributed by atoms with Gasteiger partial charge in [-0.2, -0.15) is 5.10 Å². The van der Waals surface area contributed by atoms with Gasteiger partial charge in [-0.05, 0) is 30.2 Å². The van der Waals surface area contributed by atoms with Crippen molar-refractivity contribution in [2.45, 2.75) is 24.3 Å². The lowest BCUT2D eigenvalue weighted by atomic mass is 10.2. The minimum atomic E-state index is -3.62. The second-order valence-corrected chi connectivity index (χ2v) is 6.52. The van der Waals surface area contributed by atoms with Gasteiger partial charge in [0.25, 0.3) is 0 Å². The highest BCUT2D eigenvalue weighted by Gasteiger charge is 2.15. The van der Waals surface area contributed by atoms with Crippen molar-refractivity contribution in [3.8, 4) is 0 Å². The molecule has 0 saturated carbocycles. The predicted molar refractivity (Wildman–Crippen MR) is 77.3 cm³/mol. The number of benzene rings is 1. The van der Waals surface area contributed by atoms with Crippen LogP contribution in [0.15, 0.2) is 29.4 Å². The van der Waals surface area contributed by atoms with Crippen molar-refractivity contribution in [3.05, 3.63) is 40.9 Å². The van der Waals surface area contributed by atoms with E-state index in [9.17, 15) is 8.42 Å². The zero-order chi connectivity index (χ0) is 15.3. The van der Waals surface area contributed by atoms with E-state index in [0.29, 0.717) is 29.3 Å². The third-order valence-electron chi connectivity index (χ3n) is 2.85. The predicted octanol–water partition coefficient (Wildman–Crippen LogP) is 0.861. The van der Waals surface area contributed by atoms with Crippen molar-refractivity contribution in [2.24, 2.45) is 0 Å². The van der Waals surface area contributed by atoms with Gasteiger partial charge in [-0.15, -0.1) is 0 Å². The van der Waals surface area contributed by atoms with Gasteiger partial charge in [0.15, 0.2) is 0 Å². The molecule has 0 atom stereocenters. The summed E-state index contributed by atoms with van der Waals surface area (Å²) in [6, 6.07) is 4.22. The first-order valence-electron chi connectivity index (χ1n) is 6.26. The molecule has 0 aliphatic rings. The summed E-state index contributed by atoms with van der Waals surface area (Å²) in [4.78, 5) is 4.03. The Hall–Kier alpha value is -1.48. The van der Waals surface area contributed by atoms with Crippen molar-refractivity contribution < 1.29 is 13.5 Å². The summed E-state index contributed by atoms with van der Waals surface area (Å²) in [6.07, 6.45) is 2.60. The molecule has 0 bridgehead atoms. The molecule has 3 N–H and O–H groups in total. The van der Waals surface area contributed by atoms with E-state index >= 15 is 0 Å². The zero-order valence-corrected chi connectivity index (χ0v) is 12.7. The number of nitrogens with zero attached hydrogens (tertiary/aromatic N) is 2. The van der Waals surface area contributed by atoms with Crippen LogP contribution in [0.5, 0.6) is 0 Å². The maximum atomic E-state index is 12.1. The third-order valence-corrected chi connectivity index (χ3v) is 4.67. The van der Waals surface area contributed by atoms with E-state index in [-0.39, 0.29) is 18.0 Å². The van der Waals surface area contributed by atoms with Gasteiger partial charge < -0.3 is 5.11 Å². The Balaban J connectivity index is 1.95. The molecule has 2 rings (SSSR count). The van der Waals surface area contributed by atoms with Crippen LogP contribution < -0.4 is 4.72 Å². The van der Waals surface area contributed by atoms with E-state index in [4.69, 9.17) is 16.7 Å². The molecule has 0 spiro atoms. The standard InChI is InChI=1S/C12H15ClN4O3S/c13-11-4-3-10(6-9(11)7-18)21(19,20)16-5-1-2-12-14-8-15-17-12/h3-4,6,8,16,18H,1-2,5,7H2,(H,14,15,17). The van der Waals surface area contributed by atoms with Crippen molar-refractivity contribution in [1.29, 1.82) is 0 Å². The summed E-state index contributed by atoms with van der Waals surface area (Å²) in [6.45, 7) is -0.0339. The van der Waals surface area contributed by atoms with Gasteiger partial charge >= 0.3 is 0 Å². The molecule has 0 saturated heterocycles. The summed E-state index contributed by atoms with van der Waals surface area (Å²) >= 11 is 5.84.